The van der Waals surface area contributed by atoms with Crippen LogP contribution in [0.1, 0.15) is 38.2 Å². The van der Waals surface area contributed by atoms with Gasteiger partial charge in [-0.05, 0) is 25.3 Å². The molecule has 0 aromatic heterocycles. The SMILES string of the molecule is C/C(=C\c1ccccc1)C1(CC(=O)O)CCC1. The second-order valence-electron chi connectivity index (χ2n) is 4.94. The Morgan fingerprint density at radius 2 is 2.00 bits per heavy atom. The van der Waals surface area contributed by atoms with E-state index >= 15 is 0 Å². The molecular formula is C15H18O2. The summed E-state index contributed by atoms with van der Waals surface area (Å²) in [6.45, 7) is 2.06. The van der Waals surface area contributed by atoms with Crippen molar-refractivity contribution in [1.29, 1.82) is 0 Å². The first kappa shape index (κ1) is 11.9. The van der Waals surface area contributed by atoms with Gasteiger partial charge in [0.05, 0.1) is 6.42 Å². The molecule has 0 amide bonds. The number of allylic oxidation sites excluding steroid dienone is 1. The van der Waals surface area contributed by atoms with E-state index in [0.717, 1.165) is 24.8 Å². The van der Waals surface area contributed by atoms with Crippen LogP contribution in [-0.4, -0.2) is 11.1 Å². The maximum atomic E-state index is 10.9. The summed E-state index contributed by atoms with van der Waals surface area (Å²) < 4.78 is 0. The fraction of sp³-hybridized carbons (Fsp3) is 0.400. The monoisotopic (exact) mass is 230 g/mol. The molecule has 0 saturated heterocycles. The summed E-state index contributed by atoms with van der Waals surface area (Å²) in [6.07, 6.45) is 5.56. The smallest absolute Gasteiger partial charge is 0.304 e. The first-order valence-electron chi connectivity index (χ1n) is 6.08. The van der Waals surface area contributed by atoms with Gasteiger partial charge in [-0.2, -0.15) is 0 Å². The molecule has 17 heavy (non-hydrogen) atoms. The molecule has 0 radical (unpaired) electrons. The Balaban J connectivity index is 2.20. The van der Waals surface area contributed by atoms with Crippen molar-refractivity contribution in [3.05, 3.63) is 41.5 Å². The minimum Gasteiger partial charge on any atom is -0.481 e. The lowest BCUT2D eigenvalue weighted by Crippen LogP contribution is -2.33. The van der Waals surface area contributed by atoms with Crippen LogP contribution < -0.4 is 0 Å². The number of hydrogen-bond acceptors (Lipinski definition) is 1. The highest BCUT2D eigenvalue weighted by molar-refractivity contribution is 5.69. The van der Waals surface area contributed by atoms with E-state index in [-0.39, 0.29) is 11.8 Å². The molecule has 0 spiro atoms. The van der Waals surface area contributed by atoms with Crippen molar-refractivity contribution < 1.29 is 9.90 Å². The molecule has 1 fully saturated rings. The Labute approximate surface area is 102 Å². The normalized spacial score (nSPS) is 18.5. The molecule has 0 heterocycles. The van der Waals surface area contributed by atoms with Gasteiger partial charge in [-0.25, -0.2) is 0 Å². The van der Waals surface area contributed by atoms with Gasteiger partial charge in [0.15, 0.2) is 0 Å². The number of rotatable bonds is 4. The number of benzene rings is 1. The largest absolute Gasteiger partial charge is 0.481 e. The summed E-state index contributed by atoms with van der Waals surface area (Å²) in [5.74, 6) is -0.689. The minimum absolute atomic E-state index is 0.0817. The maximum Gasteiger partial charge on any atom is 0.304 e. The van der Waals surface area contributed by atoms with Gasteiger partial charge in [0.2, 0.25) is 0 Å². The van der Waals surface area contributed by atoms with Gasteiger partial charge in [0, 0.05) is 5.41 Å². The van der Waals surface area contributed by atoms with Crippen molar-refractivity contribution >= 4 is 12.0 Å². The molecule has 2 nitrogen and oxygen atoms in total. The zero-order valence-electron chi connectivity index (χ0n) is 10.1. The summed E-state index contributed by atoms with van der Waals surface area (Å²) in [5, 5.41) is 9.00. The maximum absolute atomic E-state index is 10.9. The highest BCUT2D eigenvalue weighted by Crippen LogP contribution is 2.50. The van der Waals surface area contributed by atoms with Crippen LogP contribution in [-0.2, 0) is 4.79 Å². The van der Waals surface area contributed by atoms with Crippen LogP contribution >= 0.6 is 0 Å². The molecule has 2 rings (SSSR count). The lowest BCUT2D eigenvalue weighted by Gasteiger charge is -2.42. The van der Waals surface area contributed by atoms with Crippen molar-refractivity contribution in [2.45, 2.75) is 32.6 Å². The molecule has 1 aromatic carbocycles. The Hall–Kier alpha value is -1.57. The standard InChI is InChI=1S/C15H18O2/c1-12(10-13-6-3-2-4-7-13)15(8-5-9-15)11-14(16)17/h2-4,6-7,10H,5,8-9,11H2,1H3,(H,16,17)/b12-10+. The summed E-state index contributed by atoms with van der Waals surface area (Å²) in [6, 6.07) is 10.1. The van der Waals surface area contributed by atoms with Crippen LogP contribution in [0, 0.1) is 5.41 Å². The van der Waals surface area contributed by atoms with Gasteiger partial charge in [-0.3, -0.25) is 4.79 Å². The lowest BCUT2D eigenvalue weighted by atomic mass is 9.62. The van der Waals surface area contributed by atoms with Crippen LogP contribution in [0.25, 0.3) is 6.08 Å². The Morgan fingerprint density at radius 1 is 1.35 bits per heavy atom. The highest BCUT2D eigenvalue weighted by atomic mass is 16.4. The van der Waals surface area contributed by atoms with Gasteiger partial charge >= 0.3 is 5.97 Å². The Kier molecular flexibility index (Phi) is 3.32. The number of carboxylic acids is 1. The summed E-state index contributed by atoms with van der Waals surface area (Å²) in [7, 11) is 0. The highest BCUT2D eigenvalue weighted by Gasteiger charge is 2.40. The van der Waals surface area contributed by atoms with Crippen molar-refractivity contribution in [1.82, 2.24) is 0 Å². The van der Waals surface area contributed by atoms with Gasteiger partial charge in [-0.15, -0.1) is 0 Å². The van der Waals surface area contributed by atoms with Crippen LogP contribution in [0.2, 0.25) is 0 Å². The molecule has 0 aliphatic heterocycles. The third-order valence-corrected chi connectivity index (χ3v) is 3.82. The molecule has 0 bridgehead atoms. The minimum atomic E-state index is -0.689. The average Bonchev–Trinajstić information content (AvgIpc) is 2.24. The van der Waals surface area contributed by atoms with E-state index in [1.54, 1.807) is 0 Å². The zero-order chi connectivity index (χ0) is 12.3. The van der Waals surface area contributed by atoms with Gasteiger partial charge in [0.25, 0.3) is 0 Å². The van der Waals surface area contributed by atoms with Crippen LogP contribution in [0.4, 0.5) is 0 Å². The predicted octanol–water partition coefficient (Wildman–Crippen LogP) is 3.73. The second kappa shape index (κ2) is 4.74. The van der Waals surface area contributed by atoms with Gasteiger partial charge < -0.3 is 5.11 Å². The van der Waals surface area contributed by atoms with Crippen LogP contribution in [0.15, 0.2) is 35.9 Å². The van der Waals surface area contributed by atoms with E-state index in [2.05, 4.69) is 25.1 Å². The second-order valence-corrected chi connectivity index (χ2v) is 4.94. The number of carboxylic acid groups (broad SMARTS) is 1. The van der Waals surface area contributed by atoms with Crippen LogP contribution in [0.5, 0.6) is 0 Å². The Morgan fingerprint density at radius 3 is 2.47 bits per heavy atom. The summed E-state index contributed by atoms with van der Waals surface area (Å²) >= 11 is 0. The molecule has 0 atom stereocenters. The average molecular weight is 230 g/mol. The lowest BCUT2D eigenvalue weighted by molar-refractivity contribution is -0.140. The zero-order valence-corrected chi connectivity index (χ0v) is 10.1. The van der Waals surface area contributed by atoms with E-state index in [1.807, 2.05) is 18.2 Å². The Bertz CT molecular complexity index is 427. The van der Waals surface area contributed by atoms with Crippen molar-refractivity contribution in [3.8, 4) is 0 Å². The van der Waals surface area contributed by atoms with Gasteiger partial charge in [-0.1, -0.05) is 48.4 Å². The molecular weight excluding hydrogens is 212 g/mol. The summed E-state index contributed by atoms with van der Waals surface area (Å²) in [4.78, 5) is 10.9. The van der Waals surface area contributed by atoms with Crippen molar-refractivity contribution in [2.24, 2.45) is 5.41 Å². The third kappa shape index (κ3) is 2.57. The summed E-state index contributed by atoms with van der Waals surface area (Å²) in [5.41, 5.74) is 2.28. The molecule has 2 heteroatoms. The van der Waals surface area contributed by atoms with E-state index in [0.29, 0.717) is 0 Å². The first-order valence-corrected chi connectivity index (χ1v) is 6.08. The van der Waals surface area contributed by atoms with E-state index in [4.69, 9.17) is 5.11 Å². The topological polar surface area (TPSA) is 37.3 Å². The van der Waals surface area contributed by atoms with E-state index < -0.39 is 5.97 Å². The number of hydrogen-bond donors (Lipinski definition) is 1. The predicted molar refractivity (Wildman–Crippen MR) is 68.6 cm³/mol. The molecule has 90 valence electrons. The fourth-order valence-corrected chi connectivity index (χ4v) is 2.56. The molecule has 1 N–H and O–H groups in total. The number of carbonyl (C=O) groups is 1. The molecule has 1 saturated carbocycles. The van der Waals surface area contributed by atoms with E-state index in [9.17, 15) is 4.79 Å². The fourth-order valence-electron chi connectivity index (χ4n) is 2.56. The molecule has 1 aliphatic rings. The van der Waals surface area contributed by atoms with E-state index in [1.165, 1.54) is 5.57 Å². The first-order chi connectivity index (χ1) is 8.12. The quantitative estimate of drug-likeness (QED) is 0.855. The van der Waals surface area contributed by atoms with Gasteiger partial charge in [0.1, 0.15) is 0 Å². The number of aliphatic carboxylic acids is 1. The van der Waals surface area contributed by atoms with Crippen molar-refractivity contribution in [2.75, 3.05) is 0 Å². The molecule has 1 aliphatic carbocycles. The van der Waals surface area contributed by atoms with Crippen LogP contribution in [0.3, 0.4) is 0 Å². The molecule has 1 aromatic rings. The third-order valence-electron chi connectivity index (χ3n) is 3.82. The molecule has 0 unspecified atom stereocenters. The van der Waals surface area contributed by atoms with Crippen molar-refractivity contribution in [3.63, 3.8) is 0 Å².